The van der Waals surface area contributed by atoms with E-state index in [1.807, 2.05) is 6.07 Å². The lowest BCUT2D eigenvalue weighted by Gasteiger charge is -2.25. The predicted octanol–water partition coefficient (Wildman–Crippen LogP) is -0.242. The van der Waals surface area contributed by atoms with Crippen LogP contribution in [0.5, 0.6) is 5.75 Å². The van der Waals surface area contributed by atoms with E-state index in [2.05, 4.69) is 21.1 Å². The van der Waals surface area contributed by atoms with E-state index in [-0.39, 0.29) is 12.4 Å². The maximum atomic E-state index is 11.6. The van der Waals surface area contributed by atoms with Gasteiger partial charge in [0.1, 0.15) is 6.54 Å². The normalized spacial score (nSPS) is 11.6. The predicted molar refractivity (Wildman–Crippen MR) is 80.5 cm³/mol. The van der Waals surface area contributed by atoms with Crippen LogP contribution >= 0.6 is 0 Å². The van der Waals surface area contributed by atoms with Crippen LogP contribution in [0, 0.1) is 0 Å². The molecule has 22 heavy (non-hydrogen) atoms. The van der Waals surface area contributed by atoms with E-state index < -0.39 is 5.63 Å². The average molecular weight is 324 g/mol. The zero-order valence-electron chi connectivity index (χ0n) is 13.0. The van der Waals surface area contributed by atoms with Gasteiger partial charge >= 0.3 is 5.63 Å². The molecule has 0 aliphatic carbocycles. The Morgan fingerprint density at radius 3 is 2.41 bits per heavy atom. The molecule has 0 N–H and O–H groups in total. The van der Waals surface area contributed by atoms with E-state index in [4.69, 9.17) is 13.6 Å². The van der Waals surface area contributed by atoms with Gasteiger partial charge in [-0.1, -0.05) is 0 Å². The van der Waals surface area contributed by atoms with Gasteiger partial charge in [0, 0.05) is 22.4 Å². The van der Waals surface area contributed by atoms with Gasteiger partial charge in [-0.25, -0.2) is 4.79 Å². The van der Waals surface area contributed by atoms with E-state index in [1.54, 1.807) is 19.4 Å². The minimum atomic E-state index is -0.400. The van der Waals surface area contributed by atoms with Crippen LogP contribution in [-0.4, -0.2) is 32.7 Å². The third-order valence-electron chi connectivity index (χ3n) is 3.40. The number of furan rings is 1. The Hall–Kier alpha value is -1.98. The third-order valence-corrected chi connectivity index (χ3v) is 3.40. The first-order valence-electron chi connectivity index (χ1n) is 6.71. The first-order valence-corrected chi connectivity index (χ1v) is 6.71. The standard InChI is InChI=1S/C16H18NO4.ClH/c1-17(2,3)9-12-10-5-6-13(18)21-15(10)16(19-4)14-11(12)7-8-20-14;/h5-8H,9H2,1-4H3;1H/q+1;/p-1. The number of quaternary nitrogens is 1. The second-order valence-electron chi connectivity index (χ2n) is 6.12. The van der Waals surface area contributed by atoms with Gasteiger partial charge in [0.25, 0.3) is 0 Å². The van der Waals surface area contributed by atoms with Gasteiger partial charge < -0.3 is 30.5 Å². The molecule has 0 saturated carbocycles. The number of ether oxygens (including phenoxy) is 1. The van der Waals surface area contributed by atoms with Gasteiger partial charge in [-0.3, -0.25) is 0 Å². The second kappa shape index (κ2) is 5.66. The second-order valence-corrected chi connectivity index (χ2v) is 6.12. The van der Waals surface area contributed by atoms with Crippen LogP contribution in [0.1, 0.15) is 5.56 Å². The smallest absolute Gasteiger partial charge is 0.336 e. The Bertz CT molecular complexity index is 873. The van der Waals surface area contributed by atoms with E-state index >= 15 is 0 Å². The monoisotopic (exact) mass is 323 g/mol. The molecule has 0 bridgehead atoms. The highest BCUT2D eigenvalue weighted by Crippen LogP contribution is 2.38. The zero-order chi connectivity index (χ0) is 15.2. The molecule has 2 heterocycles. The van der Waals surface area contributed by atoms with Gasteiger partial charge in [0.15, 0.2) is 11.2 Å². The maximum absolute atomic E-state index is 11.6. The van der Waals surface area contributed by atoms with Gasteiger partial charge in [-0.2, -0.15) is 0 Å². The highest BCUT2D eigenvalue weighted by molar-refractivity contribution is 6.03. The first-order chi connectivity index (χ1) is 9.90. The van der Waals surface area contributed by atoms with Crippen LogP contribution < -0.4 is 22.8 Å². The fraction of sp³-hybridized carbons (Fsp3) is 0.312. The van der Waals surface area contributed by atoms with Crippen LogP contribution in [0.3, 0.4) is 0 Å². The average Bonchev–Trinajstić information content (AvgIpc) is 2.86. The zero-order valence-corrected chi connectivity index (χ0v) is 13.7. The molecule has 3 aromatic rings. The largest absolute Gasteiger partial charge is 1.00 e. The highest BCUT2D eigenvalue weighted by atomic mass is 35.5. The summed E-state index contributed by atoms with van der Waals surface area (Å²) in [6, 6.07) is 5.15. The molecule has 0 aliphatic heterocycles. The van der Waals surface area contributed by atoms with Crippen molar-refractivity contribution in [3.8, 4) is 5.75 Å². The van der Waals surface area contributed by atoms with E-state index in [1.165, 1.54) is 6.07 Å². The first kappa shape index (κ1) is 16.4. The molecular weight excluding hydrogens is 306 g/mol. The number of hydrogen-bond acceptors (Lipinski definition) is 4. The van der Waals surface area contributed by atoms with Gasteiger partial charge in [-0.15, -0.1) is 0 Å². The minimum Gasteiger partial charge on any atom is -1.00 e. The number of nitrogens with zero attached hydrogens (tertiary/aromatic N) is 1. The molecule has 3 rings (SSSR count). The molecule has 0 saturated heterocycles. The summed E-state index contributed by atoms with van der Waals surface area (Å²) in [5.41, 5.74) is 1.74. The fourth-order valence-electron chi connectivity index (χ4n) is 2.62. The van der Waals surface area contributed by atoms with Crippen molar-refractivity contribution in [2.45, 2.75) is 6.54 Å². The summed E-state index contributed by atoms with van der Waals surface area (Å²) in [7, 11) is 7.88. The number of benzene rings is 1. The van der Waals surface area contributed by atoms with Crippen LogP contribution in [0.4, 0.5) is 0 Å². The molecule has 118 valence electrons. The quantitative estimate of drug-likeness (QED) is 0.493. The molecule has 0 radical (unpaired) electrons. The molecule has 1 aromatic carbocycles. The summed E-state index contributed by atoms with van der Waals surface area (Å²) < 4.78 is 17.1. The molecular formula is C16H18ClNO4. The number of fused-ring (bicyclic) bond motifs is 2. The number of halogens is 1. The lowest BCUT2D eigenvalue weighted by atomic mass is 10.0. The van der Waals surface area contributed by atoms with Crippen molar-refractivity contribution >= 4 is 21.9 Å². The van der Waals surface area contributed by atoms with Gasteiger partial charge in [0.05, 0.1) is 34.5 Å². The summed E-state index contributed by atoms with van der Waals surface area (Å²) in [6.07, 6.45) is 1.63. The summed E-state index contributed by atoms with van der Waals surface area (Å²) in [5, 5.41) is 1.87. The molecule has 0 atom stereocenters. The summed E-state index contributed by atoms with van der Waals surface area (Å²) in [6.45, 7) is 0.782. The van der Waals surface area contributed by atoms with Crippen molar-refractivity contribution in [1.29, 1.82) is 0 Å². The van der Waals surface area contributed by atoms with Crippen LogP contribution in [0.2, 0.25) is 0 Å². The van der Waals surface area contributed by atoms with Crippen LogP contribution in [-0.2, 0) is 6.54 Å². The van der Waals surface area contributed by atoms with Crippen molar-refractivity contribution in [3.05, 3.63) is 40.4 Å². The van der Waals surface area contributed by atoms with Gasteiger partial charge in [0.2, 0.25) is 5.75 Å². The summed E-state index contributed by atoms with van der Waals surface area (Å²) in [5.74, 6) is 0.466. The molecule has 0 unspecified atom stereocenters. The highest BCUT2D eigenvalue weighted by Gasteiger charge is 2.22. The Labute approximate surface area is 134 Å². The van der Waals surface area contributed by atoms with E-state index in [0.29, 0.717) is 16.9 Å². The maximum Gasteiger partial charge on any atom is 0.336 e. The molecule has 0 fully saturated rings. The summed E-state index contributed by atoms with van der Waals surface area (Å²) in [4.78, 5) is 11.6. The Balaban J connectivity index is 0.00000176. The number of rotatable bonds is 3. The number of hydrogen-bond donors (Lipinski definition) is 0. The van der Waals surface area contributed by atoms with E-state index in [0.717, 1.165) is 27.4 Å². The van der Waals surface area contributed by atoms with Crippen molar-refractivity contribution in [2.24, 2.45) is 0 Å². The summed E-state index contributed by atoms with van der Waals surface area (Å²) >= 11 is 0. The minimum absolute atomic E-state index is 0. The lowest BCUT2D eigenvalue weighted by Crippen LogP contribution is -3.00. The van der Waals surface area contributed by atoms with Gasteiger partial charge in [-0.05, 0) is 12.1 Å². The Morgan fingerprint density at radius 2 is 1.77 bits per heavy atom. The lowest BCUT2D eigenvalue weighted by molar-refractivity contribution is -0.883. The van der Waals surface area contributed by atoms with Crippen LogP contribution in [0.15, 0.2) is 38.1 Å². The molecule has 6 heteroatoms. The number of methoxy groups -OCH3 is 1. The molecule has 0 amide bonds. The molecule has 2 aromatic heterocycles. The SMILES string of the molecule is COc1c2occc2c(C[N+](C)(C)C)c2ccc(=O)oc12.[Cl-]. The molecule has 5 nitrogen and oxygen atoms in total. The molecule has 0 spiro atoms. The van der Waals surface area contributed by atoms with Crippen molar-refractivity contribution in [2.75, 3.05) is 28.3 Å². The van der Waals surface area contributed by atoms with Crippen molar-refractivity contribution < 1.29 is 30.5 Å². The van der Waals surface area contributed by atoms with Crippen molar-refractivity contribution in [3.63, 3.8) is 0 Å². The molecule has 0 aliphatic rings. The van der Waals surface area contributed by atoms with Crippen LogP contribution in [0.25, 0.3) is 21.9 Å². The third kappa shape index (κ3) is 2.69. The Morgan fingerprint density at radius 1 is 1.09 bits per heavy atom. The van der Waals surface area contributed by atoms with Crippen molar-refractivity contribution in [1.82, 2.24) is 0 Å². The Kier molecular flexibility index (Phi) is 4.22. The fourth-order valence-corrected chi connectivity index (χ4v) is 2.62. The topological polar surface area (TPSA) is 52.6 Å². The van der Waals surface area contributed by atoms with E-state index in [9.17, 15) is 4.79 Å².